The monoisotopic (exact) mass is 265 g/mol. The van der Waals surface area contributed by atoms with Crippen molar-refractivity contribution in [1.82, 2.24) is 5.32 Å². The minimum Gasteiger partial charge on any atom is -0.312 e. The summed E-state index contributed by atoms with van der Waals surface area (Å²) in [5.74, 6) is 0.860. The largest absolute Gasteiger partial charge is 0.312 e. The van der Waals surface area contributed by atoms with Gasteiger partial charge in [-0.15, -0.1) is 0 Å². The molecule has 1 saturated carbocycles. The van der Waals surface area contributed by atoms with Gasteiger partial charge in [-0.3, -0.25) is 0 Å². The molecule has 0 atom stereocenters. The topological polar surface area (TPSA) is 12.0 Å². The van der Waals surface area contributed by atoms with Crippen LogP contribution in [0, 0.1) is 6.92 Å². The Morgan fingerprint density at radius 1 is 1.00 bits per heavy atom. The second-order valence-electron chi connectivity index (χ2n) is 5.93. The molecule has 1 N–H and O–H groups in total. The Kier molecular flexibility index (Phi) is 4.17. The first-order valence-electron chi connectivity index (χ1n) is 7.66. The van der Waals surface area contributed by atoms with E-state index in [9.17, 15) is 0 Å². The van der Waals surface area contributed by atoms with Gasteiger partial charge >= 0.3 is 0 Å². The minimum absolute atomic E-state index is 0.860. The zero-order chi connectivity index (χ0) is 13.8. The normalized spacial score (nSPS) is 14.4. The zero-order valence-electron chi connectivity index (χ0n) is 12.2. The molecule has 0 saturated heterocycles. The summed E-state index contributed by atoms with van der Waals surface area (Å²) in [5, 5.41) is 3.53. The summed E-state index contributed by atoms with van der Waals surface area (Å²) in [7, 11) is 0. The van der Waals surface area contributed by atoms with E-state index in [0.717, 1.165) is 25.4 Å². The van der Waals surface area contributed by atoms with Crippen LogP contribution < -0.4 is 5.32 Å². The van der Waals surface area contributed by atoms with Gasteiger partial charge < -0.3 is 5.32 Å². The third-order valence-corrected chi connectivity index (χ3v) is 4.03. The Morgan fingerprint density at radius 2 is 1.80 bits per heavy atom. The maximum absolute atomic E-state index is 3.53. The van der Waals surface area contributed by atoms with Gasteiger partial charge in [0.1, 0.15) is 0 Å². The van der Waals surface area contributed by atoms with E-state index in [1.54, 1.807) is 0 Å². The number of rotatable bonds is 6. The van der Waals surface area contributed by atoms with Crippen LogP contribution in [0.25, 0.3) is 0 Å². The Balaban J connectivity index is 1.43. The van der Waals surface area contributed by atoms with Gasteiger partial charge in [0.05, 0.1) is 0 Å². The van der Waals surface area contributed by atoms with E-state index >= 15 is 0 Å². The Labute approximate surface area is 122 Å². The zero-order valence-corrected chi connectivity index (χ0v) is 12.2. The first-order valence-corrected chi connectivity index (χ1v) is 7.66. The maximum Gasteiger partial charge on any atom is 0.0205 e. The van der Waals surface area contributed by atoms with E-state index in [1.165, 1.54) is 35.1 Å². The van der Waals surface area contributed by atoms with Crippen molar-refractivity contribution in [2.24, 2.45) is 0 Å². The average molecular weight is 265 g/mol. The molecular formula is C19H23N. The van der Waals surface area contributed by atoms with Crippen molar-refractivity contribution in [3.05, 3.63) is 70.8 Å². The molecule has 1 nitrogen and oxygen atoms in total. The van der Waals surface area contributed by atoms with Crippen molar-refractivity contribution in [1.29, 1.82) is 0 Å². The van der Waals surface area contributed by atoms with Crippen LogP contribution in [0.5, 0.6) is 0 Å². The fourth-order valence-electron chi connectivity index (χ4n) is 2.66. The van der Waals surface area contributed by atoms with Gasteiger partial charge in [0.15, 0.2) is 0 Å². The van der Waals surface area contributed by atoms with Crippen LogP contribution in [0.15, 0.2) is 48.5 Å². The highest BCUT2D eigenvalue weighted by Gasteiger charge is 2.22. The van der Waals surface area contributed by atoms with Crippen molar-refractivity contribution in [2.75, 3.05) is 6.54 Å². The molecule has 0 spiro atoms. The Bertz CT molecular complexity index is 552. The van der Waals surface area contributed by atoms with E-state index in [0.29, 0.717) is 0 Å². The lowest BCUT2D eigenvalue weighted by molar-refractivity contribution is 0.686. The third-order valence-electron chi connectivity index (χ3n) is 4.03. The molecule has 1 heteroatoms. The molecule has 0 radical (unpaired) electrons. The lowest BCUT2D eigenvalue weighted by Crippen LogP contribution is -2.16. The predicted molar refractivity (Wildman–Crippen MR) is 85.0 cm³/mol. The Hall–Kier alpha value is -1.60. The molecule has 1 aliphatic rings. The summed E-state index contributed by atoms with van der Waals surface area (Å²) < 4.78 is 0. The smallest absolute Gasteiger partial charge is 0.0205 e. The SMILES string of the molecule is Cc1cccc(CCNCc2ccc(C3CC3)cc2)c1. The van der Waals surface area contributed by atoms with Crippen LogP contribution in [-0.4, -0.2) is 6.54 Å². The van der Waals surface area contributed by atoms with Gasteiger partial charge in [0.2, 0.25) is 0 Å². The van der Waals surface area contributed by atoms with E-state index < -0.39 is 0 Å². The van der Waals surface area contributed by atoms with Crippen molar-refractivity contribution in [3.63, 3.8) is 0 Å². The van der Waals surface area contributed by atoms with E-state index in [-0.39, 0.29) is 0 Å². The summed E-state index contributed by atoms with van der Waals surface area (Å²) >= 11 is 0. The molecule has 0 amide bonds. The Morgan fingerprint density at radius 3 is 2.50 bits per heavy atom. The minimum atomic E-state index is 0.860. The van der Waals surface area contributed by atoms with Crippen molar-refractivity contribution in [2.45, 2.75) is 38.6 Å². The van der Waals surface area contributed by atoms with Gasteiger partial charge in [-0.05, 0) is 55.3 Å². The van der Waals surface area contributed by atoms with Crippen LogP contribution >= 0.6 is 0 Å². The molecule has 0 aliphatic heterocycles. The fourth-order valence-corrected chi connectivity index (χ4v) is 2.66. The summed E-state index contributed by atoms with van der Waals surface area (Å²) in [6, 6.07) is 17.9. The van der Waals surface area contributed by atoms with Gasteiger partial charge in [-0.25, -0.2) is 0 Å². The van der Waals surface area contributed by atoms with Gasteiger partial charge in [0, 0.05) is 6.54 Å². The molecule has 2 aromatic rings. The molecule has 3 rings (SSSR count). The van der Waals surface area contributed by atoms with Crippen LogP contribution in [0.3, 0.4) is 0 Å². The van der Waals surface area contributed by atoms with Crippen LogP contribution in [0.4, 0.5) is 0 Å². The lowest BCUT2D eigenvalue weighted by Gasteiger charge is -2.07. The second kappa shape index (κ2) is 6.23. The van der Waals surface area contributed by atoms with Gasteiger partial charge in [-0.1, -0.05) is 54.1 Å². The highest BCUT2D eigenvalue weighted by Crippen LogP contribution is 2.39. The quantitative estimate of drug-likeness (QED) is 0.772. The molecule has 0 heterocycles. The van der Waals surface area contributed by atoms with E-state index in [1.807, 2.05) is 0 Å². The molecule has 2 aromatic carbocycles. The van der Waals surface area contributed by atoms with Crippen LogP contribution in [-0.2, 0) is 13.0 Å². The summed E-state index contributed by atoms with van der Waals surface area (Å²) in [4.78, 5) is 0. The van der Waals surface area contributed by atoms with E-state index in [2.05, 4.69) is 60.8 Å². The molecule has 0 unspecified atom stereocenters. The maximum atomic E-state index is 3.53. The number of nitrogens with one attached hydrogen (secondary N) is 1. The molecule has 0 bridgehead atoms. The molecule has 0 aromatic heterocycles. The van der Waals surface area contributed by atoms with E-state index in [4.69, 9.17) is 0 Å². The van der Waals surface area contributed by atoms with Crippen molar-refractivity contribution < 1.29 is 0 Å². The first kappa shape index (κ1) is 13.4. The summed E-state index contributed by atoms with van der Waals surface area (Å²) in [6.07, 6.45) is 3.87. The predicted octanol–water partition coefficient (Wildman–Crippen LogP) is 4.20. The average Bonchev–Trinajstić information content (AvgIpc) is 3.29. The number of hydrogen-bond acceptors (Lipinski definition) is 1. The first-order chi connectivity index (χ1) is 9.81. The number of benzene rings is 2. The van der Waals surface area contributed by atoms with Crippen molar-refractivity contribution >= 4 is 0 Å². The standard InChI is InChI=1S/C19H23N/c1-15-3-2-4-16(13-15)11-12-20-14-17-5-7-18(8-6-17)19-9-10-19/h2-8,13,19-20H,9-12,14H2,1H3. The molecular weight excluding hydrogens is 242 g/mol. The highest BCUT2D eigenvalue weighted by atomic mass is 14.8. The summed E-state index contributed by atoms with van der Waals surface area (Å²) in [5.41, 5.74) is 5.67. The highest BCUT2D eigenvalue weighted by molar-refractivity contribution is 5.28. The second-order valence-corrected chi connectivity index (χ2v) is 5.93. The fraction of sp³-hybridized carbons (Fsp3) is 0.368. The third kappa shape index (κ3) is 3.71. The number of aryl methyl sites for hydroxylation is 1. The molecule has 1 aliphatic carbocycles. The lowest BCUT2D eigenvalue weighted by atomic mass is 10.1. The summed E-state index contributed by atoms with van der Waals surface area (Å²) in [6.45, 7) is 4.16. The molecule has 20 heavy (non-hydrogen) atoms. The number of hydrogen-bond donors (Lipinski definition) is 1. The van der Waals surface area contributed by atoms with Gasteiger partial charge in [0.25, 0.3) is 0 Å². The van der Waals surface area contributed by atoms with Crippen LogP contribution in [0.1, 0.15) is 41.0 Å². The molecule has 104 valence electrons. The van der Waals surface area contributed by atoms with Crippen molar-refractivity contribution in [3.8, 4) is 0 Å². The van der Waals surface area contributed by atoms with Gasteiger partial charge in [-0.2, -0.15) is 0 Å². The molecule has 1 fully saturated rings. The van der Waals surface area contributed by atoms with Crippen LogP contribution in [0.2, 0.25) is 0 Å².